The van der Waals surface area contributed by atoms with Crippen molar-refractivity contribution >= 4 is 11.7 Å². The molecule has 1 aromatic heterocycles. The number of rotatable bonds is 9. The minimum atomic E-state index is -0.534. The highest BCUT2D eigenvalue weighted by atomic mass is 32.1. The summed E-state index contributed by atoms with van der Waals surface area (Å²) in [5, 5.41) is 13.0. The van der Waals surface area contributed by atoms with Crippen molar-refractivity contribution < 1.29 is 9.84 Å². The lowest BCUT2D eigenvalue weighted by molar-refractivity contribution is 0.104. The highest BCUT2D eigenvalue weighted by Gasteiger charge is 2.05. The van der Waals surface area contributed by atoms with Crippen molar-refractivity contribution in [1.29, 1.82) is 0 Å². The van der Waals surface area contributed by atoms with Gasteiger partial charge in [0.15, 0.2) is 0 Å². The van der Waals surface area contributed by atoms with Crippen LogP contribution in [0.4, 0.5) is 0 Å². The maximum Gasteiger partial charge on any atom is 0.245 e. The number of hydrogen-bond donors (Lipinski definition) is 2. The number of hydrogen-bond acceptors (Lipinski definition) is 6. The van der Waals surface area contributed by atoms with Gasteiger partial charge in [-0.25, -0.2) is 0 Å². The fraction of sp³-hybridized carbons (Fsp3) is 0.429. The first-order valence-electron chi connectivity index (χ1n) is 6.67. The topological polar surface area (TPSA) is 67.3 Å². The van der Waals surface area contributed by atoms with E-state index in [1.165, 1.54) is 5.56 Å². The molecule has 5 nitrogen and oxygen atoms in total. The zero-order chi connectivity index (χ0) is 14.0. The SMILES string of the molecule is OC(CNCCCc1ccccc1)COc1cnsn1. The van der Waals surface area contributed by atoms with E-state index in [2.05, 4.69) is 38.3 Å². The van der Waals surface area contributed by atoms with Crippen LogP contribution in [-0.4, -0.2) is 39.7 Å². The summed E-state index contributed by atoms with van der Waals surface area (Å²) in [7, 11) is 0. The second-order valence-corrected chi connectivity index (χ2v) is 5.06. The Morgan fingerprint density at radius 3 is 2.90 bits per heavy atom. The Hall–Kier alpha value is -1.50. The minimum Gasteiger partial charge on any atom is -0.473 e. The van der Waals surface area contributed by atoms with Gasteiger partial charge in [-0.15, -0.1) is 4.37 Å². The summed E-state index contributed by atoms with van der Waals surface area (Å²) in [6.45, 7) is 1.63. The summed E-state index contributed by atoms with van der Waals surface area (Å²) in [6, 6.07) is 10.4. The van der Waals surface area contributed by atoms with Crippen molar-refractivity contribution in [2.24, 2.45) is 0 Å². The second kappa shape index (κ2) is 8.63. The third-order valence-electron chi connectivity index (χ3n) is 2.81. The summed E-state index contributed by atoms with van der Waals surface area (Å²) in [5.41, 5.74) is 1.34. The molecule has 2 N–H and O–H groups in total. The van der Waals surface area contributed by atoms with Crippen molar-refractivity contribution in [3.8, 4) is 5.88 Å². The number of ether oxygens (including phenoxy) is 1. The van der Waals surface area contributed by atoms with Crippen LogP contribution in [0.3, 0.4) is 0 Å². The lowest BCUT2D eigenvalue weighted by Gasteiger charge is -2.11. The second-order valence-electron chi connectivity index (χ2n) is 4.50. The molecule has 1 heterocycles. The Morgan fingerprint density at radius 1 is 1.30 bits per heavy atom. The van der Waals surface area contributed by atoms with Crippen LogP contribution in [-0.2, 0) is 6.42 Å². The molecule has 0 amide bonds. The summed E-state index contributed by atoms with van der Waals surface area (Å²) in [6.07, 6.45) is 3.11. The van der Waals surface area contributed by atoms with Crippen molar-refractivity contribution in [3.63, 3.8) is 0 Å². The molecular formula is C14H19N3O2S. The van der Waals surface area contributed by atoms with Gasteiger partial charge in [0.05, 0.1) is 11.7 Å². The number of nitrogens with one attached hydrogen (secondary N) is 1. The average molecular weight is 293 g/mol. The first kappa shape index (κ1) is 14.9. The number of benzene rings is 1. The van der Waals surface area contributed by atoms with Crippen LogP contribution in [0.25, 0.3) is 0 Å². The molecule has 0 aliphatic carbocycles. The van der Waals surface area contributed by atoms with E-state index in [0.29, 0.717) is 12.4 Å². The quantitative estimate of drug-likeness (QED) is 0.686. The van der Waals surface area contributed by atoms with Crippen molar-refractivity contribution in [2.45, 2.75) is 18.9 Å². The molecular weight excluding hydrogens is 274 g/mol. The monoisotopic (exact) mass is 293 g/mol. The van der Waals surface area contributed by atoms with E-state index in [-0.39, 0.29) is 6.61 Å². The molecule has 0 aliphatic heterocycles. The van der Waals surface area contributed by atoms with Gasteiger partial charge in [-0.05, 0) is 24.9 Å². The standard InChI is InChI=1S/C14H19N3O2S/c18-13(11-19-14-10-16-20-17-14)9-15-8-4-7-12-5-2-1-3-6-12/h1-3,5-6,10,13,15,18H,4,7-9,11H2. The highest BCUT2D eigenvalue weighted by molar-refractivity contribution is 6.99. The summed E-state index contributed by atoms with van der Waals surface area (Å²) in [4.78, 5) is 0. The third-order valence-corrected chi connectivity index (χ3v) is 3.27. The molecule has 1 atom stereocenters. The van der Waals surface area contributed by atoms with E-state index in [9.17, 15) is 5.11 Å². The van der Waals surface area contributed by atoms with E-state index in [1.807, 2.05) is 6.07 Å². The van der Waals surface area contributed by atoms with E-state index in [4.69, 9.17) is 4.74 Å². The summed E-state index contributed by atoms with van der Waals surface area (Å²) >= 11 is 1.09. The number of nitrogens with zero attached hydrogens (tertiary/aromatic N) is 2. The molecule has 1 unspecified atom stereocenters. The molecule has 0 bridgehead atoms. The van der Waals surface area contributed by atoms with Crippen LogP contribution in [0.1, 0.15) is 12.0 Å². The summed E-state index contributed by atoms with van der Waals surface area (Å²) < 4.78 is 13.0. The number of aliphatic hydroxyl groups is 1. The molecule has 108 valence electrons. The fourth-order valence-corrected chi connectivity index (χ4v) is 2.16. The molecule has 0 radical (unpaired) electrons. The largest absolute Gasteiger partial charge is 0.473 e. The first-order chi connectivity index (χ1) is 9.84. The highest BCUT2D eigenvalue weighted by Crippen LogP contribution is 2.05. The maximum atomic E-state index is 9.73. The van der Waals surface area contributed by atoms with E-state index >= 15 is 0 Å². The molecule has 0 spiro atoms. The lowest BCUT2D eigenvalue weighted by Crippen LogP contribution is -2.32. The van der Waals surface area contributed by atoms with Crippen LogP contribution >= 0.6 is 11.7 Å². The smallest absolute Gasteiger partial charge is 0.245 e. The molecule has 0 aliphatic rings. The van der Waals surface area contributed by atoms with E-state index < -0.39 is 6.10 Å². The molecule has 1 aromatic carbocycles. The van der Waals surface area contributed by atoms with Crippen LogP contribution in [0.2, 0.25) is 0 Å². The molecule has 2 rings (SSSR count). The first-order valence-corrected chi connectivity index (χ1v) is 7.40. The third kappa shape index (κ3) is 5.64. The van der Waals surface area contributed by atoms with Gasteiger partial charge in [0.1, 0.15) is 18.9 Å². The van der Waals surface area contributed by atoms with E-state index in [1.54, 1.807) is 6.20 Å². The number of aliphatic hydroxyl groups excluding tert-OH is 1. The summed E-state index contributed by atoms with van der Waals surface area (Å²) in [5.74, 6) is 0.470. The molecule has 20 heavy (non-hydrogen) atoms. The Balaban J connectivity index is 1.50. The predicted molar refractivity (Wildman–Crippen MR) is 79.0 cm³/mol. The van der Waals surface area contributed by atoms with Gasteiger partial charge in [0, 0.05) is 6.54 Å². The van der Waals surface area contributed by atoms with Crippen LogP contribution in [0.5, 0.6) is 5.88 Å². The zero-order valence-electron chi connectivity index (χ0n) is 11.2. The Kier molecular flexibility index (Phi) is 6.43. The minimum absolute atomic E-state index is 0.233. The Labute approximate surface area is 122 Å². The zero-order valence-corrected chi connectivity index (χ0v) is 12.1. The fourth-order valence-electron chi connectivity index (χ4n) is 1.79. The van der Waals surface area contributed by atoms with Gasteiger partial charge >= 0.3 is 0 Å². The Morgan fingerprint density at radius 2 is 2.15 bits per heavy atom. The van der Waals surface area contributed by atoms with Gasteiger partial charge in [-0.1, -0.05) is 30.3 Å². The maximum absolute atomic E-state index is 9.73. The number of aryl methyl sites for hydroxylation is 1. The average Bonchev–Trinajstić information content (AvgIpc) is 2.99. The van der Waals surface area contributed by atoms with Crippen molar-refractivity contribution in [2.75, 3.05) is 19.7 Å². The van der Waals surface area contributed by atoms with Crippen molar-refractivity contribution in [1.82, 2.24) is 14.1 Å². The normalized spacial score (nSPS) is 12.2. The molecule has 0 fully saturated rings. The lowest BCUT2D eigenvalue weighted by atomic mass is 10.1. The molecule has 0 saturated carbocycles. The van der Waals surface area contributed by atoms with Crippen LogP contribution in [0, 0.1) is 0 Å². The van der Waals surface area contributed by atoms with Gasteiger partial charge in [0.25, 0.3) is 0 Å². The molecule has 0 saturated heterocycles. The van der Waals surface area contributed by atoms with Crippen LogP contribution < -0.4 is 10.1 Å². The molecule has 2 aromatic rings. The van der Waals surface area contributed by atoms with Crippen LogP contribution in [0.15, 0.2) is 36.5 Å². The number of aromatic nitrogens is 2. The van der Waals surface area contributed by atoms with Gasteiger partial charge < -0.3 is 15.2 Å². The van der Waals surface area contributed by atoms with Gasteiger partial charge in [0.2, 0.25) is 5.88 Å². The van der Waals surface area contributed by atoms with Gasteiger partial charge in [-0.3, -0.25) is 0 Å². The van der Waals surface area contributed by atoms with Gasteiger partial charge in [-0.2, -0.15) is 4.37 Å². The predicted octanol–water partition coefficient (Wildman–Crippen LogP) is 1.50. The van der Waals surface area contributed by atoms with Crippen molar-refractivity contribution in [3.05, 3.63) is 42.1 Å². The molecule has 6 heteroatoms. The van der Waals surface area contributed by atoms with E-state index in [0.717, 1.165) is 31.1 Å². The Bertz CT molecular complexity index is 465.